The molecule has 0 unspecified atom stereocenters. The van der Waals surface area contributed by atoms with Crippen molar-refractivity contribution in [1.29, 1.82) is 0 Å². The molecule has 9 aromatic carbocycles. The molecular formula is C63H51BN3S. The summed E-state index contributed by atoms with van der Waals surface area (Å²) < 4.78 is 5.19. The molecule has 1 N–H and O–H groups in total. The van der Waals surface area contributed by atoms with E-state index < -0.39 is 0 Å². The van der Waals surface area contributed by atoms with Crippen molar-refractivity contribution in [3.8, 4) is 27.9 Å². The van der Waals surface area contributed by atoms with Crippen molar-refractivity contribution in [3.63, 3.8) is 0 Å². The molecule has 327 valence electrons. The van der Waals surface area contributed by atoms with Crippen LogP contribution >= 0.6 is 11.3 Å². The van der Waals surface area contributed by atoms with Crippen LogP contribution in [0.25, 0.3) is 70.6 Å². The average Bonchev–Trinajstić information content (AvgIpc) is 3.92. The molecule has 0 amide bonds. The molecular weight excluding hydrogens is 842 g/mol. The second kappa shape index (κ2) is 15.3. The first-order chi connectivity index (χ1) is 33.1. The van der Waals surface area contributed by atoms with Crippen molar-refractivity contribution in [2.24, 2.45) is 0 Å². The van der Waals surface area contributed by atoms with Gasteiger partial charge in [0.1, 0.15) is 0 Å². The lowest BCUT2D eigenvalue weighted by Crippen LogP contribution is -2.35. The smallest absolute Gasteiger partial charge is 0.211 e. The largest absolute Gasteiger partial charge is 0.355 e. The number of hydrogen-bond acceptors (Lipinski definition) is 3. The lowest BCUT2D eigenvalue weighted by Gasteiger charge is -2.42. The van der Waals surface area contributed by atoms with Crippen LogP contribution in [0.2, 0.25) is 0 Å². The molecule has 2 aromatic heterocycles. The molecule has 1 radical (unpaired) electrons. The topological polar surface area (TPSA) is 20.2 Å². The standard InChI is InChI=1S/C63H51BN3S/c1-39-35-49(58-60-56(39)57-47-24-16-15-19-41(47)25-31-54(57)67(60)59-50-36-42(40-17-9-6-10-18-40)26-32-55(50)68-61(59)64-58)48-29-28-46(66(44-20-11-7-12-21-44)45-22-13-8-14-23-45)38-53(48)65-43-27-30-51-52(37-43)63(4,5)34-33-62(51,2)3/h6-32,35-38,65H,33-34H2,1-5H3. The van der Waals surface area contributed by atoms with Crippen LogP contribution in [0.3, 0.4) is 0 Å². The number of benzene rings is 9. The van der Waals surface area contributed by atoms with Crippen LogP contribution in [0.15, 0.2) is 188 Å². The number of fused-ring (bicyclic) bond motifs is 10. The molecule has 2 aliphatic rings. The number of thiophene rings is 1. The van der Waals surface area contributed by atoms with Crippen LogP contribution in [0.5, 0.6) is 0 Å². The van der Waals surface area contributed by atoms with Gasteiger partial charge in [0.05, 0.1) is 11.2 Å². The molecule has 0 saturated heterocycles. The van der Waals surface area contributed by atoms with Crippen molar-refractivity contribution in [1.82, 2.24) is 4.57 Å². The molecule has 13 rings (SSSR count). The van der Waals surface area contributed by atoms with E-state index in [1.807, 2.05) is 11.3 Å². The Hall–Kier alpha value is -7.34. The Labute approximate surface area is 403 Å². The van der Waals surface area contributed by atoms with Crippen molar-refractivity contribution in [3.05, 3.63) is 205 Å². The quantitative estimate of drug-likeness (QED) is 0.161. The molecule has 5 heteroatoms. The molecule has 0 saturated carbocycles. The number of rotatable bonds is 7. The lowest BCUT2D eigenvalue weighted by molar-refractivity contribution is 0.332. The van der Waals surface area contributed by atoms with Crippen molar-refractivity contribution in [2.45, 2.75) is 58.3 Å². The summed E-state index contributed by atoms with van der Waals surface area (Å²) in [4.78, 5) is 2.37. The minimum Gasteiger partial charge on any atom is -0.355 e. The monoisotopic (exact) mass is 892 g/mol. The minimum absolute atomic E-state index is 0.0767. The van der Waals surface area contributed by atoms with Crippen LogP contribution in [-0.2, 0) is 10.8 Å². The summed E-state index contributed by atoms with van der Waals surface area (Å²) in [5, 5.41) is 10.6. The fourth-order valence-electron chi connectivity index (χ4n) is 11.6. The van der Waals surface area contributed by atoms with E-state index in [2.05, 4.69) is 245 Å². The number of para-hydroxylation sites is 2. The van der Waals surface area contributed by atoms with Gasteiger partial charge in [0, 0.05) is 60.4 Å². The third-order valence-electron chi connectivity index (χ3n) is 15.2. The molecule has 0 fully saturated rings. The Morgan fingerprint density at radius 3 is 2.00 bits per heavy atom. The number of aromatic nitrogens is 1. The summed E-state index contributed by atoms with van der Waals surface area (Å²) >= 11 is 1.90. The Kier molecular flexibility index (Phi) is 9.23. The summed E-state index contributed by atoms with van der Waals surface area (Å²) in [5.74, 6) is 0. The van der Waals surface area contributed by atoms with Crippen LogP contribution in [-0.4, -0.2) is 11.8 Å². The van der Waals surface area contributed by atoms with Gasteiger partial charge in [-0.3, -0.25) is 0 Å². The summed E-state index contributed by atoms with van der Waals surface area (Å²) in [5.41, 5.74) is 19.8. The van der Waals surface area contributed by atoms with Gasteiger partial charge in [0.15, 0.2) is 0 Å². The van der Waals surface area contributed by atoms with E-state index in [9.17, 15) is 0 Å². The molecule has 68 heavy (non-hydrogen) atoms. The van der Waals surface area contributed by atoms with E-state index in [4.69, 9.17) is 0 Å². The third kappa shape index (κ3) is 6.39. The Balaban J connectivity index is 1.08. The Morgan fingerprint density at radius 1 is 0.559 bits per heavy atom. The van der Waals surface area contributed by atoms with Gasteiger partial charge >= 0.3 is 0 Å². The second-order valence-corrected chi connectivity index (χ2v) is 21.4. The number of anilines is 5. The second-order valence-electron chi connectivity index (χ2n) is 20.3. The van der Waals surface area contributed by atoms with Gasteiger partial charge in [-0.15, -0.1) is 11.3 Å². The van der Waals surface area contributed by atoms with Gasteiger partial charge < -0.3 is 14.8 Å². The van der Waals surface area contributed by atoms with Gasteiger partial charge in [0.25, 0.3) is 0 Å². The molecule has 1 aliphatic heterocycles. The SMILES string of the molecule is Cc1cc(-c2ccc(N(c3ccccc3)c3ccccc3)cc2Nc2ccc3c(c2)C(C)(C)CCC3(C)C)c2c3c1c1c4ccccc4ccc1n3-c1c(sc3ccc(-c4ccccc4)cc13)[B]2. The molecule has 11 aromatic rings. The summed E-state index contributed by atoms with van der Waals surface area (Å²) in [6, 6.07) is 69.6. The first-order valence-electron chi connectivity index (χ1n) is 24.0. The first-order valence-corrected chi connectivity index (χ1v) is 24.9. The maximum absolute atomic E-state index is 4.10. The Bertz CT molecular complexity index is 3770. The Morgan fingerprint density at radius 2 is 1.25 bits per heavy atom. The van der Waals surface area contributed by atoms with E-state index in [0.29, 0.717) is 0 Å². The summed E-state index contributed by atoms with van der Waals surface area (Å²) in [6.45, 7) is 12.0. The van der Waals surface area contributed by atoms with E-state index >= 15 is 0 Å². The van der Waals surface area contributed by atoms with Crippen LogP contribution in [0.1, 0.15) is 57.2 Å². The number of nitrogens with one attached hydrogen (secondary N) is 1. The van der Waals surface area contributed by atoms with Crippen LogP contribution in [0, 0.1) is 6.92 Å². The molecule has 1 aliphatic carbocycles. The lowest BCUT2D eigenvalue weighted by atomic mass is 9.62. The molecule has 3 nitrogen and oxygen atoms in total. The van der Waals surface area contributed by atoms with Gasteiger partial charge in [-0.1, -0.05) is 149 Å². The summed E-state index contributed by atoms with van der Waals surface area (Å²) in [6.07, 6.45) is 2.35. The van der Waals surface area contributed by atoms with Crippen LogP contribution < -0.4 is 20.5 Å². The normalized spacial score (nSPS) is 14.5. The highest BCUT2D eigenvalue weighted by Gasteiger charge is 2.37. The van der Waals surface area contributed by atoms with Gasteiger partial charge in [-0.25, -0.2) is 0 Å². The van der Waals surface area contributed by atoms with Crippen LogP contribution in [0.4, 0.5) is 28.4 Å². The maximum atomic E-state index is 4.10. The van der Waals surface area contributed by atoms with Crippen molar-refractivity contribution in [2.75, 3.05) is 10.2 Å². The zero-order valence-corrected chi connectivity index (χ0v) is 40.0. The fourth-order valence-corrected chi connectivity index (χ4v) is 12.7. The van der Waals surface area contributed by atoms with Gasteiger partial charge in [-0.2, -0.15) is 0 Å². The molecule has 3 heterocycles. The number of aryl methyl sites for hydroxylation is 1. The number of nitrogens with zero attached hydrogens (tertiary/aromatic N) is 2. The van der Waals surface area contributed by atoms with Crippen molar-refractivity contribution >= 4 is 100.0 Å². The first kappa shape index (κ1) is 40.9. The van der Waals surface area contributed by atoms with E-state index in [0.717, 1.165) is 34.9 Å². The third-order valence-corrected chi connectivity index (χ3v) is 16.3. The van der Waals surface area contributed by atoms with E-state index in [1.54, 1.807) is 0 Å². The van der Waals surface area contributed by atoms with Gasteiger partial charge in [0.2, 0.25) is 7.28 Å². The zero-order valence-electron chi connectivity index (χ0n) is 39.2. The average molecular weight is 893 g/mol. The van der Waals surface area contributed by atoms with E-state index in [-0.39, 0.29) is 10.8 Å². The summed E-state index contributed by atoms with van der Waals surface area (Å²) in [7, 11) is 2.50. The fraction of sp³-hybridized carbons (Fsp3) is 0.143. The molecule has 0 spiro atoms. The van der Waals surface area contributed by atoms with E-state index in [1.165, 1.54) is 104 Å². The predicted molar refractivity (Wildman–Crippen MR) is 294 cm³/mol. The molecule has 0 atom stereocenters. The predicted octanol–water partition coefficient (Wildman–Crippen LogP) is 16.3. The minimum atomic E-state index is 0.0767. The highest BCUT2D eigenvalue weighted by Crippen LogP contribution is 2.49. The number of hydrogen-bond donors (Lipinski definition) is 1. The van der Waals surface area contributed by atoms with Crippen molar-refractivity contribution < 1.29 is 0 Å². The highest BCUT2D eigenvalue weighted by atomic mass is 32.1. The highest BCUT2D eigenvalue weighted by molar-refractivity contribution is 7.29. The van der Waals surface area contributed by atoms with Gasteiger partial charge in [-0.05, 0) is 152 Å². The maximum Gasteiger partial charge on any atom is 0.211 e. The molecule has 0 bridgehead atoms. The zero-order chi connectivity index (χ0) is 45.9.